The summed E-state index contributed by atoms with van der Waals surface area (Å²) in [6.45, 7) is 0.471. The molecule has 2 heterocycles. The molecule has 0 radical (unpaired) electrons. The van der Waals surface area contributed by atoms with E-state index in [9.17, 15) is 14.4 Å². The van der Waals surface area contributed by atoms with Gasteiger partial charge in [0.25, 0.3) is 0 Å². The summed E-state index contributed by atoms with van der Waals surface area (Å²) in [5.41, 5.74) is 6.60. The quantitative estimate of drug-likeness (QED) is 0.595. The van der Waals surface area contributed by atoms with E-state index in [1.165, 1.54) is 0 Å². The van der Waals surface area contributed by atoms with Crippen molar-refractivity contribution in [2.24, 2.45) is 11.7 Å². The summed E-state index contributed by atoms with van der Waals surface area (Å²) < 4.78 is 0. The second kappa shape index (κ2) is 4.31. The van der Waals surface area contributed by atoms with Gasteiger partial charge >= 0.3 is 0 Å². The van der Waals surface area contributed by atoms with Crippen LogP contribution < -0.4 is 11.1 Å². The number of carbonyl (C=O) groups is 3. The molecule has 0 spiro atoms. The lowest BCUT2D eigenvalue weighted by molar-refractivity contribution is -0.137. The van der Waals surface area contributed by atoms with Gasteiger partial charge in [-0.2, -0.15) is 0 Å². The van der Waals surface area contributed by atoms with E-state index >= 15 is 0 Å². The van der Waals surface area contributed by atoms with Crippen LogP contribution in [0.5, 0.6) is 0 Å². The van der Waals surface area contributed by atoms with Crippen molar-refractivity contribution in [1.29, 1.82) is 0 Å². The molecule has 3 aliphatic rings. The fourth-order valence-corrected chi connectivity index (χ4v) is 2.82. The number of imide groups is 1. The summed E-state index contributed by atoms with van der Waals surface area (Å²) in [5.74, 6) is -0.773. The molecule has 2 aliphatic heterocycles. The van der Waals surface area contributed by atoms with Gasteiger partial charge in [-0.05, 0) is 12.0 Å². The Balaban J connectivity index is 1.78. The van der Waals surface area contributed by atoms with Crippen LogP contribution >= 0.6 is 0 Å². The van der Waals surface area contributed by atoms with E-state index in [1.807, 2.05) is 17.2 Å². The molecular weight excluding hydrogens is 246 g/mol. The Morgan fingerprint density at radius 1 is 1.32 bits per heavy atom. The van der Waals surface area contributed by atoms with Crippen LogP contribution in [0.1, 0.15) is 12.8 Å². The number of amides is 2. The molecule has 0 aromatic carbocycles. The van der Waals surface area contributed by atoms with Crippen molar-refractivity contribution in [1.82, 2.24) is 10.2 Å². The summed E-state index contributed by atoms with van der Waals surface area (Å²) in [6, 6.07) is -0.919. The maximum absolute atomic E-state index is 12.0. The van der Waals surface area contributed by atoms with Crippen molar-refractivity contribution in [3.05, 3.63) is 23.9 Å². The fourth-order valence-electron chi connectivity index (χ4n) is 2.82. The van der Waals surface area contributed by atoms with Crippen LogP contribution in [0, 0.1) is 5.92 Å². The first-order chi connectivity index (χ1) is 9.06. The smallest absolute Gasteiger partial charge is 0.249 e. The highest BCUT2D eigenvalue weighted by Crippen LogP contribution is 2.30. The van der Waals surface area contributed by atoms with E-state index in [1.54, 1.807) is 6.08 Å². The summed E-state index contributed by atoms with van der Waals surface area (Å²) in [6.07, 6.45) is 6.20. The average Bonchev–Trinajstić information content (AvgIpc) is 2.78. The van der Waals surface area contributed by atoms with Gasteiger partial charge in [0.05, 0.1) is 12.0 Å². The van der Waals surface area contributed by atoms with E-state index in [0.29, 0.717) is 19.4 Å². The molecule has 1 fully saturated rings. The number of hydrogen-bond acceptors (Lipinski definition) is 5. The van der Waals surface area contributed by atoms with Crippen molar-refractivity contribution in [3.8, 4) is 0 Å². The highest BCUT2D eigenvalue weighted by molar-refractivity contribution is 6.00. The molecule has 3 atom stereocenters. The minimum Gasteiger partial charge on any atom is -0.364 e. The number of piperidine rings is 1. The van der Waals surface area contributed by atoms with Gasteiger partial charge in [-0.1, -0.05) is 12.2 Å². The number of nitrogens with two attached hydrogens (primary N) is 1. The number of hydrogen-bond donors (Lipinski definition) is 2. The number of allylic oxidation sites excluding steroid dienone is 1. The van der Waals surface area contributed by atoms with Crippen LogP contribution in [-0.2, 0) is 14.4 Å². The SMILES string of the molecule is NC1C=CC2=CN(C3CCC(=O)NC3=O)CC2C1=O. The normalized spacial score (nSPS) is 34.2. The largest absolute Gasteiger partial charge is 0.364 e. The van der Waals surface area contributed by atoms with Gasteiger partial charge in [-0.25, -0.2) is 0 Å². The predicted octanol–water partition coefficient (Wildman–Crippen LogP) is -0.926. The third-order valence-corrected chi connectivity index (χ3v) is 3.89. The van der Waals surface area contributed by atoms with Gasteiger partial charge in [0.2, 0.25) is 11.8 Å². The molecule has 1 aliphatic carbocycles. The zero-order valence-corrected chi connectivity index (χ0v) is 10.3. The van der Waals surface area contributed by atoms with Gasteiger partial charge in [-0.15, -0.1) is 0 Å². The first-order valence-corrected chi connectivity index (χ1v) is 6.35. The summed E-state index contributed by atoms with van der Waals surface area (Å²) >= 11 is 0. The van der Waals surface area contributed by atoms with Crippen LogP contribution in [0.4, 0.5) is 0 Å². The van der Waals surface area contributed by atoms with E-state index in [0.717, 1.165) is 5.57 Å². The predicted molar refractivity (Wildman–Crippen MR) is 66.6 cm³/mol. The Bertz CT molecular complexity index is 523. The zero-order valence-electron chi connectivity index (χ0n) is 10.3. The second-order valence-corrected chi connectivity index (χ2v) is 5.13. The average molecular weight is 261 g/mol. The van der Waals surface area contributed by atoms with Crippen molar-refractivity contribution < 1.29 is 14.4 Å². The maximum Gasteiger partial charge on any atom is 0.249 e. The number of fused-ring (bicyclic) bond motifs is 1. The number of carbonyl (C=O) groups excluding carboxylic acids is 3. The number of nitrogens with zero attached hydrogens (tertiary/aromatic N) is 1. The lowest BCUT2D eigenvalue weighted by Gasteiger charge is -2.30. The standard InChI is InChI=1S/C13H15N3O3/c14-9-2-1-7-5-16(6-8(7)12(9)18)10-3-4-11(17)15-13(10)19/h1-2,5,8-10H,3-4,6,14H2,(H,15,17,19). The van der Waals surface area contributed by atoms with Gasteiger partial charge in [0.1, 0.15) is 6.04 Å². The molecular formula is C13H15N3O3. The van der Waals surface area contributed by atoms with Crippen LogP contribution in [0.15, 0.2) is 23.9 Å². The highest BCUT2D eigenvalue weighted by Gasteiger charge is 2.39. The van der Waals surface area contributed by atoms with E-state index < -0.39 is 6.04 Å². The Labute approximate surface area is 110 Å². The zero-order chi connectivity index (χ0) is 13.6. The molecule has 0 aromatic rings. The molecule has 2 amide bonds. The lowest BCUT2D eigenvalue weighted by Crippen LogP contribution is -2.51. The Hall–Kier alpha value is -1.95. The van der Waals surface area contributed by atoms with Crippen LogP contribution in [0.25, 0.3) is 0 Å². The first-order valence-electron chi connectivity index (χ1n) is 6.35. The molecule has 0 bridgehead atoms. The van der Waals surface area contributed by atoms with Crippen molar-refractivity contribution >= 4 is 17.6 Å². The first kappa shape index (κ1) is 12.1. The minimum absolute atomic E-state index is 0.0106. The van der Waals surface area contributed by atoms with E-state index in [4.69, 9.17) is 5.73 Å². The van der Waals surface area contributed by atoms with Crippen LogP contribution in [0.3, 0.4) is 0 Å². The molecule has 19 heavy (non-hydrogen) atoms. The minimum atomic E-state index is -0.552. The summed E-state index contributed by atoms with van der Waals surface area (Å²) in [5, 5.41) is 2.33. The van der Waals surface area contributed by atoms with E-state index in [-0.39, 0.29) is 29.6 Å². The molecule has 3 rings (SSSR count). The van der Waals surface area contributed by atoms with Crippen LogP contribution in [-0.4, -0.2) is 41.1 Å². The fraction of sp³-hybridized carbons (Fsp3) is 0.462. The third-order valence-electron chi connectivity index (χ3n) is 3.89. The maximum atomic E-state index is 12.0. The van der Waals surface area contributed by atoms with Gasteiger partial charge < -0.3 is 10.6 Å². The summed E-state index contributed by atoms with van der Waals surface area (Å²) in [7, 11) is 0. The highest BCUT2D eigenvalue weighted by atomic mass is 16.2. The number of ketones is 1. The Kier molecular flexibility index (Phi) is 2.74. The molecule has 3 unspecified atom stereocenters. The third kappa shape index (κ3) is 1.98. The molecule has 3 N–H and O–H groups in total. The topological polar surface area (TPSA) is 92.5 Å². The molecule has 0 saturated carbocycles. The molecule has 6 heteroatoms. The van der Waals surface area contributed by atoms with E-state index in [2.05, 4.69) is 5.32 Å². The second-order valence-electron chi connectivity index (χ2n) is 5.13. The monoisotopic (exact) mass is 261 g/mol. The van der Waals surface area contributed by atoms with Crippen molar-refractivity contribution in [2.45, 2.75) is 24.9 Å². The van der Waals surface area contributed by atoms with Gasteiger partial charge in [0, 0.05) is 19.2 Å². The van der Waals surface area contributed by atoms with Gasteiger partial charge in [0.15, 0.2) is 5.78 Å². The Morgan fingerprint density at radius 3 is 2.84 bits per heavy atom. The van der Waals surface area contributed by atoms with Crippen molar-refractivity contribution in [3.63, 3.8) is 0 Å². The van der Waals surface area contributed by atoms with Crippen molar-refractivity contribution in [2.75, 3.05) is 6.54 Å². The molecule has 1 saturated heterocycles. The Morgan fingerprint density at radius 2 is 2.11 bits per heavy atom. The number of Topliss-reactive ketones (excluding diaryl/α,β-unsaturated/α-hetero) is 1. The molecule has 0 aromatic heterocycles. The lowest BCUT2D eigenvalue weighted by atomic mass is 9.88. The summed E-state index contributed by atoms with van der Waals surface area (Å²) in [4.78, 5) is 36.8. The number of nitrogens with one attached hydrogen (secondary N) is 1. The van der Waals surface area contributed by atoms with Crippen LogP contribution in [0.2, 0.25) is 0 Å². The molecule has 6 nitrogen and oxygen atoms in total. The number of rotatable bonds is 1. The molecule has 100 valence electrons. The van der Waals surface area contributed by atoms with Gasteiger partial charge in [-0.3, -0.25) is 19.7 Å².